The number of carbonyl (C=O) groups is 2. The van der Waals surface area contributed by atoms with Gasteiger partial charge in [-0.3, -0.25) is 4.79 Å². The third kappa shape index (κ3) is 3.90. The molecule has 3 nitrogen and oxygen atoms in total. The minimum Gasteiger partial charge on any atom is -0.478 e. The Morgan fingerprint density at radius 3 is 2.47 bits per heavy atom. The molecule has 1 aromatic carbocycles. The molecule has 0 spiro atoms. The number of allylic oxidation sites excluding steroid dienone is 1. The van der Waals surface area contributed by atoms with E-state index in [2.05, 4.69) is 22.6 Å². The Morgan fingerprint density at radius 1 is 1.20 bits per heavy atom. The highest BCUT2D eigenvalue weighted by molar-refractivity contribution is 14.1. The van der Waals surface area contributed by atoms with Crippen LogP contribution in [-0.2, 0) is 4.79 Å². The van der Waals surface area contributed by atoms with Gasteiger partial charge in [-0.05, 0) is 69.5 Å². The van der Waals surface area contributed by atoms with Crippen molar-refractivity contribution in [2.45, 2.75) is 0 Å². The number of carbonyl (C=O) groups excluding carboxylic acids is 1. The summed E-state index contributed by atoms with van der Waals surface area (Å²) in [6.45, 7) is 0. The van der Waals surface area contributed by atoms with Gasteiger partial charge in [0.25, 0.3) is 0 Å². The summed E-state index contributed by atoms with van der Waals surface area (Å²) >= 11 is 4.15. The van der Waals surface area contributed by atoms with Crippen LogP contribution in [-0.4, -0.2) is 16.9 Å². The predicted molar refractivity (Wildman–Crippen MR) is 73.0 cm³/mol. The average Bonchev–Trinajstić information content (AvgIpc) is 2.18. The van der Waals surface area contributed by atoms with Crippen molar-refractivity contribution in [1.82, 2.24) is 0 Å². The van der Waals surface area contributed by atoms with Gasteiger partial charge in [0.1, 0.15) is 0 Å². The first-order valence-corrected chi connectivity index (χ1v) is 6.07. The number of hydrogen-bond donors (Lipinski definition) is 1. The largest absolute Gasteiger partial charge is 0.478 e. The van der Waals surface area contributed by atoms with Crippen LogP contribution < -0.4 is 0 Å². The van der Waals surface area contributed by atoms with Crippen molar-refractivity contribution in [2.75, 3.05) is 0 Å². The summed E-state index contributed by atoms with van der Waals surface area (Å²) in [5.74, 6) is -1.41. The zero-order valence-electron chi connectivity index (χ0n) is 7.41. The van der Waals surface area contributed by atoms with Gasteiger partial charge in [-0.25, -0.2) is 4.79 Å². The molecule has 0 aliphatic heterocycles. The lowest BCUT2D eigenvalue weighted by Gasteiger charge is -2.00. The molecule has 0 bridgehead atoms. The summed E-state index contributed by atoms with van der Waals surface area (Å²) in [6, 6.07) is 5.45. The van der Waals surface area contributed by atoms with Crippen molar-refractivity contribution in [3.8, 4) is 0 Å². The molecular formula is C10H6I2O3. The van der Waals surface area contributed by atoms with Crippen LogP contribution in [0.3, 0.4) is 0 Å². The molecule has 0 heterocycles. The van der Waals surface area contributed by atoms with Crippen LogP contribution in [0.5, 0.6) is 0 Å². The van der Waals surface area contributed by atoms with Crippen molar-refractivity contribution in [2.24, 2.45) is 0 Å². The molecule has 0 unspecified atom stereocenters. The van der Waals surface area contributed by atoms with Crippen molar-refractivity contribution in [3.05, 3.63) is 43.1 Å². The fourth-order valence-electron chi connectivity index (χ4n) is 0.923. The van der Waals surface area contributed by atoms with E-state index in [9.17, 15) is 9.59 Å². The summed E-state index contributed by atoms with van der Waals surface area (Å²) < 4.78 is 1.76. The molecule has 0 aliphatic carbocycles. The zero-order chi connectivity index (χ0) is 11.4. The van der Waals surface area contributed by atoms with Crippen LogP contribution in [0, 0.1) is 7.14 Å². The molecule has 1 rings (SSSR count). The van der Waals surface area contributed by atoms with E-state index in [1.54, 1.807) is 6.07 Å². The number of carboxylic acids is 1. The van der Waals surface area contributed by atoms with Crippen molar-refractivity contribution < 1.29 is 14.7 Å². The van der Waals surface area contributed by atoms with Crippen LogP contribution in [0.4, 0.5) is 0 Å². The van der Waals surface area contributed by atoms with Gasteiger partial charge >= 0.3 is 5.97 Å². The Bertz CT molecular complexity index is 438. The maximum absolute atomic E-state index is 11.6. The number of ketones is 1. The van der Waals surface area contributed by atoms with Crippen molar-refractivity contribution in [3.63, 3.8) is 0 Å². The number of rotatable bonds is 3. The second kappa shape index (κ2) is 5.59. The number of halogens is 2. The first-order chi connectivity index (χ1) is 7.00. The second-order valence-electron chi connectivity index (χ2n) is 2.66. The zero-order valence-corrected chi connectivity index (χ0v) is 11.7. The van der Waals surface area contributed by atoms with E-state index in [0.29, 0.717) is 5.56 Å². The van der Waals surface area contributed by atoms with Gasteiger partial charge in [-0.15, -0.1) is 0 Å². The Labute approximate surface area is 114 Å². The monoisotopic (exact) mass is 428 g/mol. The molecule has 15 heavy (non-hydrogen) atoms. The molecule has 0 aromatic heterocycles. The minimum absolute atomic E-state index is 0.291. The number of carboxylic acid groups (broad SMARTS) is 1. The Hall–Kier alpha value is -0.440. The quantitative estimate of drug-likeness (QED) is 0.458. The fourth-order valence-corrected chi connectivity index (χ4v) is 2.02. The van der Waals surface area contributed by atoms with E-state index in [-0.39, 0.29) is 5.78 Å². The highest BCUT2D eigenvalue weighted by atomic mass is 127. The molecule has 78 valence electrons. The molecule has 0 aliphatic rings. The lowest BCUT2D eigenvalue weighted by Crippen LogP contribution is -2.00. The third-order valence-electron chi connectivity index (χ3n) is 1.57. The molecule has 1 N–H and O–H groups in total. The maximum Gasteiger partial charge on any atom is 0.328 e. The number of benzene rings is 1. The third-order valence-corrected chi connectivity index (χ3v) is 3.18. The first-order valence-electron chi connectivity index (χ1n) is 3.91. The summed E-state index contributed by atoms with van der Waals surface area (Å²) in [4.78, 5) is 21.8. The molecule has 0 saturated heterocycles. The van der Waals surface area contributed by atoms with E-state index >= 15 is 0 Å². The molecule has 0 fully saturated rings. The van der Waals surface area contributed by atoms with Gasteiger partial charge in [-0.1, -0.05) is 0 Å². The van der Waals surface area contributed by atoms with Crippen LogP contribution in [0.25, 0.3) is 0 Å². The summed E-state index contributed by atoms with van der Waals surface area (Å²) in [7, 11) is 0. The standard InChI is InChI=1S/C10H6I2O3/c11-6-1-2-8(12)7(5-6)9(13)3-4-10(14)15/h1-5H,(H,14,15)/b4-3+. The molecule has 5 heteroatoms. The van der Waals surface area contributed by atoms with E-state index in [0.717, 1.165) is 19.3 Å². The molecule has 0 atom stereocenters. The Morgan fingerprint density at radius 2 is 1.87 bits per heavy atom. The lowest BCUT2D eigenvalue weighted by atomic mass is 10.1. The summed E-state index contributed by atoms with van der Waals surface area (Å²) in [5, 5.41) is 8.39. The van der Waals surface area contributed by atoms with E-state index in [1.807, 2.05) is 34.7 Å². The van der Waals surface area contributed by atoms with Gasteiger partial charge in [-0.2, -0.15) is 0 Å². The number of aliphatic carboxylic acids is 1. The SMILES string of the molecule is O=C(O)/C=C/C(=O)c1cc(I)ccc1I. The summed E-state index contributed by atoms with van der Waals surface area (Å²) in [5.41, 5.74) is 0.528. The van der Waals surface area contributed by atoms with E-state index in [4.69, 9.17) is 5.11 Å². The average molecular weight is 428 g/mol. The van der Waals surface area contributed by atoms with Gasteiger partial charge < -0.3 is 5.11 Å². The van der Waals surface area contributed by atoms with Gasteiger partial charge in [0.2, 0.25) is 0 Å². The van der Waals surface area contributed by atoms with Gasteiger partial charge in [0.15, 0.2) is 5.78 Å². The maximum atomic E-state index is 11.6. The first kappa shape index (κ1) is 12.6. The molecule has 0 radical (unpaired) electrons. The van der Waals surface area contributed by atoms with Crippen molar-refractivity contribution in [1.29, 1.82) is 0 Å². The molecular weight excluding hydrogens is 422 g/mol. The fraction of sp³-hybridized carbons (Fsp3) is 0. The van der Waals surface area contributed by atoms with Gasteiger partial charge in [0, 0.05) is 18.8 Å². The second-order valence-corrected chi connectivity index (χ2v) is 5.07. The highest BCUT2D eigenvalue weighted by Crippen LogP contribution is 2.16. The molecule has 0 saturated carbocycles. The van der Waals surface area contributed by atoms with Crippen LogP contribution >= 0.6 is 45.2 Å². The normalized spacial score (nSPS) is 10.5. The van der Waals surface area contributed by atoms with E-state index in [1.165, 1.54) is 0 Å². The Balaban J connectivity index is 3.01. The minimum atomic E-state index is -1.12. The topological polar surface area (TPSA) is 54.4 Å². The smallest absolute Gasteiger partial charge is 0.328 e. The lowest BCUT2D eigenvalue weighted by molar-refractivity contribution is -0.131. The molecule has 1 aromatic rings. The Kier molecular flexibility index (Phi) is 4.71. The summed E-state index contributed by atoms with van der Waals surface area (Å²) in [6.07, 6.45) is 1.91. The number of hydrogen-bond acceptors (Lipinski definition) is 2. The van der Waals surface area contributed by atoms with Crippen LogP contribution in [0.1, 0.15) is 10.4 Å². The highest BCUT2D eigenvalue weighted by Gasteiger charge is 2.07. The predicted octanol–water partition coefficient (Wildman–Crippen LogP) is 2.72. The van der Waals surface area contributed by atoms with E-state index < -0.39 is 5.97 Å². The van der Waals surface area contributed by atoms with Crippen LogP contribution in [0.15, 0.2) is 30.4 Å². The van der Waals surface area contributed by atoms with Crippen LogP contribution in [0.2, 0.25) is 0 Å². The molecule has 0 amide bonds. The van der Waals surface area contributed by atoms with Crippen molar-refractivity contribution >= 4 is 56.9 Å². The van der Waals surface area contributed by atoms with Gasteiger partial charge in [0.05, 0.1) is 0 Å².